The number of ether oxygens (including phenoxy) is 1. The summed E-state index contributed by atoms with van der Waals surface area (Å²) in [7, 11) is 0. The lowest BCUT2D eigenvalue weighted by atomic mass is 9.90. The smallest absolute Gasteiger partial charge is 0.339 e. The molecule has 0 aliphatic carbocycles. The maximum atomic E-state index is 12.7. The number of benzene rings is 2. The van der Waals surface area contributed by atoms with Crippen molar-refractivity contribution in [3.63, 3.8) is 0 Å². The second kappa shape index (κ2) is 9.90. The third kappa shape index (κ3) is 6.20. The minimum absolute atomic E-state index is 0.102. The molecular weight excluding hydrogens is 388 g/mol. The molecule has 0 bridgehead atoms. The molecule has 5 nitrogen and oxygen atoms in total. The summed E-state index contributed by atoms with van der Waals surface area (Å²) in [6.45, 7) is 4.81. The van der Waals surface area contributed by atoms with Gasteiger partial charge in [0.1, 0.15) is 5.54 Å². The number of amides is 1. The summed E-state index contributed by atoms with van der Waals surface area (Å²) in [5.41, 5.74) is 0.693. The van der Waals surface area contributed by atoms with Gasteiger partial charge >= 0.3 is 5.97 Å². The summed E-state index contributed by atoms with van der Waals surface area (Å²) < 4.78 is 5.23. The Morgan fingerprint density at radius 1 is 1.17 bits per heavy atom. The van der Waals surface area contributed by atoms with E-state index in [-0.39, 0.29) is 5.92 Å². The zero-order chi connectivity index (χ0) is 21.4. The average molecular weight is 411 g/mol. The van der Waals surface area contributed by atoms with E-state index in [2.05, 4.69) is 11.4 Å². The van der Waals surface area contributed by atoms with E-state index >= 15 is 0 Å². The van der Waals surface area contributed by atoms with Crippen LogP contribution in [0.3, 0.4) is 0 Å². The van der Waals surface area contributed by atoms with Crippen LogP contribution in [0.5, 0.6) is 0 Å². The third-order valence-electron chi connectivity index (χ3n) is 4.61. The van der Waals surface area contributed by atoms with Crippen LogP contribution >= 0.6 is 11.6 Å². The number of esters is 1. The number of nitrogens with zero attached hydrogens (tertiary/aromatic N) is 1. The lowest BCUT2D eigenvalue weighted by Gasteiger charge is -2.27. The Balaban J connectivity index is 2.18. The number of carbonyl (C=O) groups is 2. The standard InChI is InChI=1S/C23H23ClN2O3/c1-16(2)23(3,15-25)26-21(27)14-29-22(28)20(13-17-7-5-4-6-8-17)18-9-11-19(24)12-10-18/h4-13,16H,14H2,1-3H3,(H,26,27)/b20-13+/t23-/m0/s1. The van der Waals surface area contributed by atoms with Crippen LogP contribution in [0, 0.1) is 17.2 Å². The monoisotopic (exact) mass is 410 g/mol. The van der Waals surface area contributed by atoms with Crippen molar-refractivity contribution in [2.45, 2.75) is 26.3 Å². The van der Waals surface area contributed by atoms with Crippen molar-refractivity contribution in [2.24, 2.45) is 5.92 Å². The molecule has 0 spiro atoms. The van der Waals surface area contributed by atoms with E-state index in [0.717, 1.165) is 5.56 Å². The van der Waals surface area contributed by atoms with Gasteiger partial charge < -0.3 is 10.1 Å². The number of nitriles is 1. The molecular formula is C23H23ClN2O3. The van der Waals surface area contributed by atoms with Gasteiger partial charge in [0.05, 0.1) is 11.6 Å². The van der Waals surface area contributed by atoms with E-state index in [1.807, 2.05) is 44.2 Å². The van der Waals surface area contributed by atoms with Crippen LogP contribution in [-0.2, 0) is 14.3 Å². The third-order valence-corrected chi connectivity index (χ3v) is 4.86. The van der Waals surface area contributed by atoms with Crippen molar-refractivity contribution >= 4 is 35.1 Å². The molecule has 0 aromatic heterocycles. The molecule has 150 valence electrons. The van der Waals surface area contributed by atoms with Gasteiger partial charge in [-0.2, -0.15) is 5.26 Å². The van der Waals surface area contributed by atoms with Gasteiger partial charge in [-0.1, -0.05) is 67.9 Å². The Labute approximate surface area is 175 Å². The highest BCUT2D eigenvalue weighted by Crippen LogP contribution is 2.22. The van der Waals surface area contributed by atoms with E-state index in [1.54, 1.807) is 37.3 Å². The lowest BCUT2D eigenvalue weighted by Crippen LogP contribution is -2.50. The molecule has 0 aliphatic rings. The van der Waals surface area contributed by atoms with Crippen molar-refractivity contribution in [1.82, 2.24) is 5.32 Å². The van der Waals surface area contributed by atoms with Crippen molar-refractivity contribution in [3.05, 3.63) is 70.7 Å². The van der Waals surface area contributed by atoms with Gasteiger partial charge in [-0.15, -0.1) is 0 Å². The molecule has 0 fully saturated rings. The molecule has 0 radical (unpaired) electrons. The zero-order valence-corrected chi connectivity index (χ0v) is 17.4. The number of nitrogens with one attached hydrogen (secondary N) is 1. The first-order valence-corrected chi connectivity index (χ1v) is 9.55. The van der Waals surface area contributed by atoms with Gasteiger partial charge in [-0.25, -0.2) is 4.79 Å². The SMILES string of the molecule is CC(C)[C@](C)(C#N)NC(=O)COC(=O)/C(=C/c1ccccc1)c1ccc(Cl)cc1. The van der Waals surface area contributed by atoms with Gasteiger partial charge in [-0.05, 0) is 42.2 Å². The lowest BCUT2D eigenvalue weighted by molar-refractivity contribution is -0.143. The van der Waals surface area contributed by atoms with Gasteiger partial charge in [-0.3, -0.25) is 4.79 Å². The predicted molar refractivity (Wildman–Crippen MR) is 114 cm³/mol. The zero-order valence-electron chi connectivity index (χ0n) is 16.6. The molecule has 6 heteroatoms. The quantitative estimate of drug-likeness (QED) is 0.414. The Hall–Kier alpha value is -3.10. The first kappa shape index (κ1) is 22.2. The summed E-state index contributed by atoms with van der Waals surface area (Å²) in [5.74, 6) is -1.28. The Morgan fingerprint density at radius 2 is 1.79 bits per heavy atom. The highest BCUT2D eigenvalue weighted by molar-refractivity contribution is 6.30. The Kier molecular flexibility index (Phi) is 7.58. The van der Waals surface area contributed by atoms with Crippen molar-refractivity contribution < 1.29 is 14.3 Å². The molecule has 2 aromatic rings. The highest BCUT2D eigenvalue weighted by atomic mass is 35.5. The summed E-state index contributed by atoms with van der Waals surface area (Å²) >= 11 is 5.94. The highest BCUT2D eigenvalue weighted by Gasteiger charge is 2.30. The van der Waals surface area contributed by atoms with E-state index in [0.29, 0.717) is 16.2 Å². The van der Waals surface area contributed by atoms with E-state index in [1.165, 1.54) is 0 Å². The van der Waals surface area contributed by atoms with Crippen LogP contribution in [-0.4, -0.2) is 24.0 Å². The first-order chi connectivity index (χ1) is 13.7. The van der Waals surface area contributed by atoms with Crippen molar-refractivity contribution in [3.8, 4) is 6.07 Å². The van der Waals surface area contributed by atoms with Crippen LogP contribution < -0.4 is 5.32 Å². The number of halogens is 1. The maximum Gasteiger partial charge on any atom is 0.339 e. The molecule has 0 saturated heterocycles. The molecule has 2 rings (SSSR count). The summed E-state index contributed by atoms with van der Waals surface area (Å²) in [6, 6.07) is 18.2. The number of hydrogen-bond acceptors (Lipinski definition) is 4. The van der Waals surface area contributed by atoms with Crippen LogP contribution in [0.4, 0.5) is 0 Å². The molecule has 0 heterocycles. The molecule has 0 unspecified atom stereocenters. The molecule has 1 amide bonds. The molecule has 0 saturated carbocycles. The van der Waals surface area contributed by atoms with E-state index in [9.17, 15) is 14.9 Å². The van der Waals surface area contributed by atoms with Crippen molar-refractivity contribution in [2.75, 3.05) is 6.61 Å². The van der Waals surface area contributed by atoms with E-state index < -0.39 is 24.0 Å². The van der Waals surface area contributed by atoms with Crippen LogP contribution in [0.2, 0.25) is 5.02 Å². The largest absolute Gasteiger partial charge is 0.452 e. The van der Waals surface area contributed by atoms with Crippen LogP contribution in [0.1, 0.15) is 31.9 Å². The maximum absolute atomic E-state index is 12.7. The Bertz CT molecular complexity index is 931. The van der Waals surface area contributed by atoms with Crippen LogP contribution in [0.25, 0.3) is 11.6 Å². The number of carbonyl (C=O) groups excluding carboxylic acids is 2. The topological polar surface area (TPSA) is 79.2 Å². The molecule has 1 atom stereocenters. The minimum atomic E-state index is -1.04. The van der Waals surface area contributed by atoms with Gasteiger partial charge in [0.25, 0.3) is 5.91 Å². The Morgan fingerprint density at radius 3 is 2.34 bits per heavy atom. The normalized spacial score (nSPS) is 13.3. The van der Waals surface area contributed by atoms with Gasteiger partial charge in [0.2, 0.25) is 0 Å². The summed E-state index contributed by atoms with van der Waals surface area (Å²) in [5, 5.41) is 12.5. The van der Waals surface area contributed by atoms with Gasteiger partial charge in [0, 0.05) is 5.02 Å². The van der Waals surface area contributed by atoms with Gasteiger partial charge in [0.15, 0.2) is 6.61 Å². The fourth-order valence-corrected chi connectivity index (χ4v) is 2.57. The fraction of sp³-hybridized carbons (Fsp3) is 0.261. The fourth-order valence-electron chi connectivity index (χ4n) is 2.44. The molecule has 29 heavy (non-hydrogen) atoms. The number of rotatable bonds is 7. The van der Waals surface area contributed by atoms with Crippen LogP contribution in [0.15, 0.2) is 54.6 Å². The number of hydrogen-bond donors (Lipinski definition) is 1. The molecule has 1 N–H and O–H groups in total. The molecule has 0 aliphatic heterocycles. The second-order valence-corrected chi connectivity index (χ2v) is 7.51. The summed E-state index contributed by atoms with van der Waals surface area (Å²) in [6.07, 6.45) is 1.69. The first-order valence-electron chi connectivity index (χ1n) is 9.17. The average Bonchev–Trinajstić information content (AvgIpc) is 2.71. The van der Waals surface area contributed by atoms with Crippen molar-refractivity contribution in [1.29, 1.82) is 5.26 Å². The molecule has 2 aromatic carbocycles. The summed E-state index contributed by atoms with van der Waals surface area (Å²) in [4.78, 5) is 25.0. The second-order valence-electron chi connectivity index (χ2n) is 7.07. The minimum Gasteiger partial charge on any atom is -0.452 e. The van der Waals surface area contributed by atoms with E-state index in [4.69, 9.17) is 16.3 Å². The predicted octanol–water partition coefficient (Wildman–Crippen LogP) is 4.48.